The number of aromatic hydroxyl groups is 1. The molecule has 0 saturated heterocycles. The third kappa shape index (κ3) is 2.44. The summed E-state index contributed by atoms with van der Waals surface area (Å²) in [5.41, 5.74) is -0.641. The van der Waals surface area contributed by atoms with E-state index in [1.54, 1.807) is 12.3 Å². The van der Waals surface area contributed by atoms with Gasteiger partial charge in [0, 0.05) is 19.5 Å². The predicted octanol–water partition coefficient (Wildman–Crippen LogP) is 0.233. The van der Waals surface area contributed by atoms with E-state index in [9.17, 15) is 14.7 Å². The van der Waals surface area contributed by atoms with Crippen molar-refractivity contribution in [1.29, 1.82) is 0 Å². The number of nitrogens with zero attached hydrogens (tertiary/aromatic N) is 3. The minimum absolute atomic E-state index is 0.0906. The molecule has 0 fully saturated rings. The zero-order valence-electron chi connectivity index (χ0n) is 10.4. The molecule has 2 rings (SSSR count). The maximum atomic E-state index is 11.6. The first kappa shape index (κ1) is 12.7. The first-order valence-corrected chi connectivity index (χ1v) is 5.48. The molecule has 2 N–H and O–H groups in total. The summed E-state index contributed by atoms with van der Waals surface area (Å²) < 4.78 is 0.925. The fraction of sp³-hybridized carbons (Fsp3) is 0.167. The summed E-state index contributed by atoms with van der Waals surface area (Å²) in [6, 6.07) is 3.59. The van der Waals surface area contributed by atoms with E-state index < -0.39 is 17.1 Å². The van der Waals surface area contributed by atoms with Gasteiger partial charge in [0.25, 0.3) is 5.56 Å². The highest BCUT2D eigenvalue weighted by Gasteiger charge is 2.09. The number of rotatable bonds is 2. The number of H-pyrrole nitrogens is 1. The number of hydrogen-bond acceptors (Lipinski definition) is 5. The second kappa shape index (κ2) is 4.89. The van der Waals surface area contributed by atoms with Gasteiger partial charge >= 0.3 is 5.69 Å². The number of nitrogens with one attached hydrogen (secondary N) is 1. The van der Waals surface area contributed by atoms with Crippen LogP contribution in [0.4, 0.5) is 5.82 Å². The lowest BCUT2D eigenvalue weighted by Gasteiger charge is -2.03. The van der Waals surface area contributed by atoms with Crippen LogP contribution in [0.15, 0.2) is 32.9 Å². The molecular weight excluding hydrogens is 248 g/mol. The standard InChI is InChI=1S/C12H12N4O3/c1-7-4-3-5-13-9(7)14-6-8-10(17)15-12(19)16(2)11(8)18/h3-6,18H,1-2H3,(H,15,17,19)/b14-6+. The molecule has 7 heteroatoms. The van der Waals surface area contributed by atoms with Crippen molar-refractivity contribution in [2.24, 2.45) is 12.0 Å². The van der Waals surface area contributed by atoms with Crippen LogP contribution < -0.4 is 11.2 Å². The second-order valence-electron chi connectivity index (χ2n) is 3.96. The first-order chi connectivity index (χ1) is 9.00. The molecule has 2 heterocycles. The van der Waals surface area contributed by atoms with Gasteiger partial charge in [0.05, 0.1) is 0 Å². The fourth-order valence-corrected chi connectivity index (χ4v) is 1.48. The molecule has 0 radical (unpaired) electrons. The van der Waals surface area contributed by atoms with Crippen molar-refractivity contribution in [2.75, 3.05) is 0 Å². The zero-order chi connectivity index (χ0) is 14.0. The van der Waals surface area contributed by atoms with Crippen LogP contribution in [0.1, 0.15) is 11.1 Å². The van der Waals surface area contributed by atoms with Crippen LogP contribution in [-0.2, 0) is 7.05 Å². The number of aryl methyl sites for hydroxylation is 1. The van der Waals surface area contributed by atoms with Gasteiger partial charge in [-0.2, -0.15) is 0 Å². The Bertz CT molecular complexity index is 758. The van der Waals surface area contributed by atoms with Gasteiger partial charge in [-0.3, -0.25) is 14.3 Å². The van der Waals surface area contributed by atoms with Crippen LogP contribution in [0.3, 0.4) is 0 Å². The molecule has 0 spiro atoms. The number of aliphatic imine (C=N–C) groups is 1. The lowest BCUT2D eigenvalue weighted by Crippen LogP contribution is -2.30. The Labute approximate surface area is 107 Å². The lowest BCUT2D eigenvalue weighted by atomic mass is 10.3. The molecule has 0 bridgehead atoms. The molecule has 0 aromatic carbocycles. The van der Waals surface area contributed by atoms with Crippen LogP contribution in [0.5, 0.6) is 5.88 Å². The summed E-state index contributed by atoms with van der Waals surface area (Å²) in [6.07, 6.45) is 2.76. The van der Waals surface area contributed by atoms with E-state index in [0.717, 1.165) is 10.1 Å². The Hall–Kier alpha value is -2.70. The van der Waals surface area contributed by atoms with Gasteiger partial charge in [-0.05, 0) is 18.6 Å². The summed E-state index contributed by atoms with van der Waals surface area (Å²) in [5.74, 6) is 0.00115. The molecule has 0 aliphatic carbocycles. The zero-order valence-corrected chi connectivity index (χ0v) is 10.4. The van der Waals surface area contributed by atoms with Gasteiger partial charge in [0.2, 0.25) is 5.88 Å². The highest BCUT2D eigenvalue weighted by Crippen LogP contribution is 2.14. The smallest absolute Gasteiger partial charge is 0.330 e. The average molecular weight is 260 g/mol. The largest absolute Gasteiger partial charge is 0.494 e. The van der Waals surface area contributed by atoms with Crippen LogP contribution in [0.25, 0.3) is 0 Å². The van der Waals surface area contributed by atoms with Gasteiger partial charge in [-0.15, -0.1) is 0 Å². The van der Waals surface area contributed by atoms with E-state index in [2.05, 4.69) is 15.0 Å². The highest BCUT2D eigenvalue weighted by atomic mass is 16.3. The molecule has 0 amide bonds. The van der Waals surface area contributed by atoms with E-state index in [-0.39, 0.29) is 5.56 Å². The topological polar surface area (TPSA) is 100 Å². The van der Waals surface area contributed by atoms with Crippen molar-refractivity contribution in [3.63, 3.8) is 0 Å². The van der Waals surface area contributed by atoms with Crippen molar-refractivity contribution in [1.82, 2.24) is 14.5 Å². The van der Waals surface area contributed by atoms with E-state index in [1.165, 1.54) is 13.3 Å². The third-order valence-electron chi connectivity index (χ3n) is 2.63. The van der Waals surface area contributed by atoms with Crippen molar-refractivity contribution >= 4 is 12.0 Å². The van der Waals surface area contributed by atoms with Gasteiger partial charge < -0.3 is 5.11 Å². The fourth-order valence-electron chi connectivity index (χ4n) is 1.48. The molecule has 2 aromatic heterocycles. The molecule has 19 heavy (non-hydrogen) atoms. The molecule has 7 nitrogen and oxygen atoms in total. The third-order valence-corrected chi connectivity index (χ3v) is 2.63. The van der Waals surface area contributed by atoms with Crippen LogP contribution >= 0.6 is 0 Å². The molecule has 0 aliphatic heterocycles. The Balaban J connectivity index is 2.51. The minimum atomic E-state index is -0.696. The Morgan fingerprint density at radius 3 is 2.89 bits per heavy atom. The van der Waals surface area contributed by atoms with E-state index in [0.29, 0.717) is 5.82 Å². The number of aromatic nitrogens is 3. The van der Waals surface area contributed by atoms with Gasteiger partial charge in [-0.1, -0.05) is 6.07 Å². The van der Waals surface area contributed by atoms with E-state index in [4.69, 9.17) is 0 Å². The normalized spacial score (nSPS) is 11.1. The summed E-state index contributed by atoms with van der Waals surface area (Å²) in [5, 5.41) is 9.74. The SMILES string of the molecule is Cc1cccnc1/N=C/c1c(O)n(C)c(=O)[nH]c1=O. The van der Waals surface area contributed by atoms with Crippen molar-refractivity contribution in [2.45, 2.75) is 6.92 Å². The molecule has 0 aliphatic rings. The number of pyridine rings is 1. The van der Waals surface area contributed by atoms with Crippen molar-refractivity contribution < 1.29 is 5.11 Å². The molecule has 98 valence electrons. The predicted molar refractivity (Wildman–Crippen MR) is 70.2 cm³/mol. The van der Waals surface area contributed by atoms with E-state index in [1.807, 2.05) is 13.0 Å². The van der Waals surface area contributed by atoms with Gasteiger partial charge in [0.1, 0.15) is 5.56 Å². The van der Waals surface area contributed by atoms with Crippen LogP contribution in [0.2, 0.25) is 0 Å². The second-order valence-corrected chi connectivity index (χ2v) is 3.96. The minimum Gasteiger partial charge on any atom is -0.494 e. The quantitative estimate of drug-likeness (QED) is 0.755. The number of hydrogen-bond donors (Lipinski definition) is 2. The van der Waals surface area contributed by atoms with Crippen molar-refractivity contribution in [3.8, 4) is 5.88 Å². The Kier molecular flexibility index (Phi) is 3.28. The van der Waals surface area contributed by atoms with E-state index >= 15 is 0 Å². The average Bonchev–Trinajstić information content (AvgIpc) is 2.38. The van der Waals surface area contributed by atoms with Gasteiger partial charge in [-0.25, -0.2) is 14.8 Å². The molecule has 0 unspecified atom stereocenters. The Morgan fingerprint density at radius 1 is 1.47 bits per heavy atom. The van der Waals surface area contributed by atoms with Crippen LogP contribution in [0, 0.1) is 6.92 Å². The molecular formula is C12H12N4O3. The lowest BCUT2D eigenvalue weighted by molar-refractivity contribution is 0.417. The summed E-state index contributed by atoms with van der Waals surface area (Å²) in [4.78, 5) is 33.0. The maximum Gasteiger partial charge on any atom is 0.330 e. The summed E-state index contributed by atoms with van der Waals surface area (Å²) >= 11 is 0. The number of aromatic amines is 1. The first-order valence-electron chi connectivity index (χ1n) is 5.48. The molecule has 2 aromatic rings. The van der Waals surface area contributed by atoms with Crippen molar-refractivity contribution in [3.05, 3.63) is 50.3 Å². The maximum absolute atomic E-state index is 11.6. The highest BCUT2D eigenvalue weighted by molar-refractivity contribution is 5.83. The summed E-state index contributed by atoms with van der Waals surface area (Å²) in [6.45, 7) is 1.82. The summed E-state index contributed by atoms with van der Waals surface area (Å²) in [7, 11) is 1.34. The monoisotopic (exact) mass is 260 g/mol. The van der Waals surface area contributed by atoms with Crippen LogP contribution in [-0.4, -0.2) is 25.9 Å². The van der Waals surface area contributed by atoms with Gasteiger partial charge in [0.15, 0.2) is 5.82 Å². The molecule has 0 atom stereocenters. The molecule has 0 saturated carbocycles. The Morgan fingerprint density at radius 2 is 2.21 bits per heavy atom.